The number of nitrogens with one attached hydrogen (secondary N) is 1. The number of halogens is 2. The zero-order chi connectivity index (χ0) is 15.6. The van der Waals surface area contributed by atoms with Gasteiger partial charge in [-0.3, -0.25) is 15.5 Å². The fourth-order valence-electron chi connectivity index (χ4n) is 1.61. The van der Waals surface area contributed by atoms with E-state index in [-0.39, 0.29) is 28.0 Å². The third-order valence-electron chi connectivity index (χ3n) is 2.58. The maximum Gasteiger partial charge on any atom is 0.271 e. The summed E-state index contributed by atoms with van der Waals surface area (Å²) in [5.41, 5.74) is 5.65. The van der Waals surface area contributed by atoms with Gasteiger partial charge in [0.05, 0.1) is 15.5 Å². The third-order valence-corrected chi connectivity index (χ3v) is 3.11. The van der Waals surface area contributed by atoms with Gasteiger partial charge in [0.2, 0.25) is 0 Å². The summed E-state index contributed by atoms with van der Waals surface area (Å²) >= 11 is 11.8. The Morgan fingerprint density at radius 1 is 1.19 bits per heavy atom. The maximum atomic E-state index is 10.7. The number of nitrogens with two attached hydrogens (primary N) is 1. The molecule has 2 aromatic carbocycles. The van der Waals surface area contributed by atoms with E-state index in [4.69, 9.17) is 39.1 Å². The Kier molecular flexibility index (Phi) is 4.30. The van der Waals surface area contributed by atoms with Gasteiger partial charge in [-0.05, 0) is 18.2 Å². The van der Waals surface area contributed by atoms with Crippen molar-refractivity contribution in [3.63, 3.8) is 0 Å². The highest BCUT2D eigenvalue weighted by atomic mass is 35.5. The quantitative estimate of drug-likeness (QED) is 0.384. The summed E-state index contributed by atoms with van der Waals surface area (Å²) in [4.78, 5) is 10.1. The lowest BCUT2D eigenvalue weighted by atomic mass is 10.2. The third kappa shape index (κ3) is 3.42. The number of benzene rings is 2. The van der Waals surface area contributed by atoms with Crippen molar-refractivity contribution in [3.8, 4) is 11.5 Å². The van der Waals surface area contributed by atoms with Crippen LogP contribution in [0.3, 0.4) is 0 Å². The highest BCUT2D eigenvalue weighted by molar-refractivity contribution is 6.32. The predicted octanol–water partition coefficient (Wildman–Crippen LogP) is 3.98. The Morgan fingerprint density at radius 2 is 1.90 bits per heavy atom. The molecule has 0 atom stereocenters. The zero-order valence-corrected chi connectivity index (χ0v) is 12.0. The Hall–Kier alpha value is -2.31. The number of nitrogen functional groups attached to an aromatic ring is 1. The average molecular weight is 326 g/mol. The molecule has 3 N–H and O–H groups in total. The molecule has 2 rings (SSSR count). The topological polar surface area (TPSA) is 102 Å². The zero-order valence-electron chi connectivity index (χ0n) is 10.5. The molecular formula is C13H9Cl2N3O3. The molecule has 0 bridgehead atoms. The molecule has 0 unspecified atom stereocenters. The Morgan fingerprint density at radius 3 is 2.48 bits per heavy atom. The number of nitro groups is 1. The smallest absolute Gasteiger partial charge is 0.271 e. The first-order valence-corrected chi connectivity index (χ1v) is 6.40. The van der Waals surface area contributed by atoms with E-state index in [1.54, 1.807) is 12.1 Å². The van der Waals surface area contributed by atoms with Crippen molar-refractivity contribution in [2.45, 2.75) is 0 Å². The van der Waals surface area contributed by atoms with Crippen molar-refractivity contribution in [1.82, 2.24) is 0 Å². The molecule has 6 nitrogen and oxygen atoms in total. The Balaban J connectivity index is 2.40. The Labute approximate surface area is 129 Å². The number of nitro benzene ring substituents is 1. The summed E-state index contributed by atoms with van der Waals surface area (Å²) < 4.78 is 5.56. The standard InChI is InChI=1S/C13H9Cl2N3O3/c14-7-1-3-9(13(16)17)12(5-7)21-11-4-2-8(18(19)20)6-10(11)15/h1-6H,(H3,16,17). The minimum Gasteiger partial charge on any atom is -0.455 e. The van der Waals surface area contributed by atoms with E-state index in [2.05, 4.69) is 0 Å². The molecular weight excluding hydrogens is 317 g/mol. The molecule has 0 heterocycles. The summed E-state index contributed by atoms with van der Waals surface area (Å²) in [5, 5.41) is 18.6. The molecule has 0 amide bonds. The molecule has 0 aliphatic carbocycles. The fourth-order valence-corrected chi connectivity index (χ4v) is 1.98. The average Bonchev–Trinajstić information content (AvgIpc) is 2.40. The molecule has 108 valence electrons. The van der Waals surface area contributed by atoms with Crippen molar-refractivity contribution in [2.24, 2.45) is 5.73 Å². The van der Waals surface area contributed by atoms with Gasteiger partial charge in [-0.15, -0.1) is 0 Å². The van der Waals surface area contributed by atoms with Crippen LogP contribution >= 0.6 is 23.2 Å². The normalized spacial score (nSPS) is 10.2. The van der Waals surface area contributed by atoms with Crippen molar-refractivity contribution in [2.75, 3.05) is 0 Å². The van der Waals surface area contributed by atoms with E-state index < -0.39 is 4.92 Å². The van der Waals surface area contributed by atoms with Crippen molar-refractivity contribution >= 4 is 34.7 Å². The van der Waals surface area contributed by atoms with Gasteiger partial charge < -0.3 is 10.5 Å². The van der Waals surface area contributed by atoms with E-state index in [1.807, 2.05) is 0 Å². The van der Waals surface area contributed by atoms with E-state index in [0.717, 1.165) is 0 Å². The second-order valence-electron chi connectivity index (χ2n) is 4.03. The fraction of sp³-hybridized carbons (Fsp3) is 0. The maximum absolute atomic E-state index is 10.7. The summed E-state index contributed by atoms with van der Waals surface area (Å²) in [5.74, 6) is 0.248. The van der Waals surface area contributed by atoms with E-state index >= 15 is 0 Å². The van der Waals surface area contributed by atoms with Crippen LogP contribution in [-0.4, -0.2) is 10.8 Å². The lowest BCUT2D eigenvalue weighted by Gasteiger charge is -2.11. The molecule has 0 saturated carbocycles. The second-order valence-corrected chi connectivity index (χ2v) is 4.87. The van der Waals surface area contributed by atoms with E-state index in [1.165, 1.54) is 24.3 Å². The summed E-state index contributed by atoms with van der Waals surface area (Å²) in [6.07, 6.45) is 0. The van der Waals surface area contributed by atoms with Crippen LogP contribution in [0.5, 0.6) is 11.5 Å². The van der Waals surface area contributed by atoms with Crippen LogP contribution in [0.15, 0.2) is 36.4 Å². The molecule has 2 aromatic rings. The van der Waals surface area contributed by atoms with Crippen LogP contribution in [0.25, 0.3) is 0 Å². The number of ether oxygens (including phenoxy) is 1. The van der Waals surface area contributed by atoms with Gasteiger partial charge in [0.25, 0.3) is 5.69 Å². The minimum absolute atomic E-state index is 0.0682. The van der Waals surface area contributed by atoms with Crippen LogP contribution in [0.2, 0.25) is 10.0 Å². The second kappa shape index (κ2) is 5.99. The van der Waals surface area contributed by atoms with Gasteiger partial charge in [0.1, 0.15) is 17.3 Å². The molecule has 0 spiro atoms. The highest BCUT2D eigenvalue weighted by Crippen LogP contribution is 2.34. The number of nitrogens with zero attached hydrogens (tertiary/aromatic N) is 1. The molecule has 8 heteroatoms. The van der Waals surface area contributed by atoms with E-state index in [0.29, 0.717) is 10.6 Å². The number of hydrogen-bond acceptors (Lipinski definition) is 4. The summed E-state index contributed by atoms with van der Waals surface area (Å²) in [7, 11) is 0. The molecule has 0 aromatic heterocycles. The van der Waals surface area contributed by atoms with Gasteiger partial charge >= 0.3 is 0 Å². The van der Waals surface area contributed by atoms with Crippen molar-refractivity contribution in [1.29, 1.82) is 5.41 Å². The number of hydrogen-bond donors (Lipinski definition) is 2. The monoisotopic (exact) mass is 325 g/mol. The largest absolute Gasteiger partial charge is 0.455 e. The molecule has 0 aliphatic rings. The molecule has 0 fully saturated rings. The minimum atomic E-state index is -0.559. The van der Waals surface area contributed by atoms with Crippen LogP contribution < -0.4 is 10.5 Å². The van der Waals surface area contributed by atoms with E-state index in [9.17, 15) is 10.1 Å². The van der Waals surface area contributed by atoms with Gasteiger partial charge in [-0.2, -0.15) is 0 Å². The predicted molar refractivity (Wildman–Crippen MR) is 80.6 cm³/mol. The lowest BCUT2D eigenvalue weighted by molar-refractivity contribution is -0.384. The highest BCUT2D eigenvalue weighted by Gasteiger charge is 2.14. The molecule has 0 aliphatic heterocycles. The number of rotatable bonds is 4. The van der Waals surface area contributed by atoms with Gasteiger partial charge in [0.15, 0.2) is 0 Å². The SMILES string of the molecule is N=C(N)c1ccc(Cl)cc1Oc1ccc([N+](=O)[O-])cc1Cl. The lowest BCUT2D eigenvalue weighted by Crippen LogP contribution is -2.12. The van der Waals surface area contributed by atoms with Crippen LogP contribution in [-0.2, 0) is 0 Å². The van der Waals surface area contributed by atoms with Gasteiger partial charge in [0, 0.05) is 23.2 Å². The van der Waals surface area contributed by atoms with Crippen molar-refractivity contribution < 1.29 is 9.66 Å². The van der Waals surface area contributed by atoms with Crippen LogP contribution in [0.4, 0.5) is 5.69 Å². The number of amidine groups is 1. The summed E-state index contributed by atoms with van der Waals surface area (Å²) in [6.45, 7) is 0. The van der Waals surface area contributed by atoms with Crippen molar-refractivity contribution in [3.05, 3.63) is 62.1 Å². The van der Waals surface area contributed by atoms with Gasteiger partial charge in [-0.1, -0.05) is 23.2 Å². The molecule has 0 saturated heterocycles. The first-order chi connectivity index (χ1) is 9.88. The summed E-state index contributed by atoms with van der Waals surface area (Å²) in [6, 6.07) is 8.40. The first-order valence-electron chi connectivity index (χ1n) is 5.64. The molecule has 21 heavy (non-hydrogen) atoms. The first kappa shape index (κ1) is 15.1. The van der Waals surface area contributed by atoms with Crippen LogP contribution in [0, 0.1) is 15.5 Å². The van der Waals surface area contributed by atoms with Crippen LogP contribution in [0.1, 0.15) is 5.56 Å². The number of non-ortho nitro benzene ring substituents is 1. The molecule has 0 radical (unpaired) electrons. The Bertz CT molecular complexity index is 735. The van der Waals surface area contributed by atoms with Gasteiger partial charge in [-0.25, -0.2) is 0 Å².